The van der Waals surface area contributed by atoms with Gasteiger partial charge in [0.2, 0.25) is 5.91 Å². The smallest absolute Gasteiger partial charge is 0.226 e. The van der Waals surface area contributed by atoms with Gasteiger partial charge in [-0.15, -0.1) is 12.4 Å². The van der Waals surface area contributed by atoms with Crippen molar-refractivity contribution < 1.29 is 4.79 Å². The number of amides is 1. The normalized spacial score (nSPS) is 32.6. The van der Waals surface area contributed by atoms with Crippen molar-refractivity contribution in [3.05, 3.63) is 0 Å². The first-order valence-electron chi connectivity index (χ1n) is 6.46. The van der Waals surface area contributed by atoms with E-state index in [2.05, 4.69) is 25.7 Å². The van der Waals surface area contributed by atoms with Gasteiger partial charge in [-0.05, 0) is 37.5 Å². The lowest BCUT2D eigenvalue weighted by Gasteiger charge is -2.35. The Morgan fingerprint density at radius 1 is 1.47 bits per heavy atom. The van der Waals surface area contributed by atoms with Gasteiger partial charge in [0.25, 0.3) is 0 Å². The number of likely N-dealkylation sites (tertiary alicyclic amines) is 1. The average Bonchev–Trinajstić information content (AvgIpc) is 2.87. The molecule has 0 aromatic rings. The number of halogens is 1. The van der Waals surface area contributed by atoms with Gasteiger partial charge in [-0.2, -0.15) is 0 Å². The molecule has 100 valence electrons. The molecule has 17 heavy (non-hydrogen) atoms. The van der Waals surface area contributed by atoms with Gasteiger partial charge in [-0.3, -0.25) is 4.79 Å². The van der Waals surface area contributed by atoms with Crippen molar-refractivity contribution in [2.75, 3.05) is 13.1 Å². The van der Waals surface area contributed by atoms with Crippen LogP contribution in [0.4, 0.5) is 0 Å². The molecule has 0 spiro atoms. The summed E-state index contributed by atoms with van der Waals surface area (Å²) in [6.45, 7) is 8.24. The molecule has 2 N–H and O–H groups in total. The van der Waals surface area contributed by atoms with Crippen LogP contribution in [0.5, 0.6) is 0 Å². The molecule has 1 heterocycles. The zero-order chi connectivity index (χ0) is 11.9. The van der Waals surface area contributed by atoms with Crippen LogP contribution >= 0.6 is 12.4 Å². The minimum absolute atomic E-state index is 0. The molecule has 1 aliphatic carbocycles. The van der Waals surface area contributed by atoms with Crippen molar-refractivity contribution in [1.29, 1.82) is 0 Å². The molecule has 2 aliphatic rings. The molecule has 0 radical (unpaired) electrons. The van der Waals surface area contributed by atoms with Gasteiger partial charge in [-0.25, -0.2) is 0 Å². The SMILES string of the molecule is CC(N)C1CCCN(C(=O)C2CC2(C)C)C1.Cl. The van der Waals surface area contributed by atoms with Crippen LogP contribution in [0.15, 0.2) is 0 Å². The third-order valence-corrected chi connectivity index (χ3v) is 4.32. The molecule has 0 aromatic carbocycles. The van der Waals surface area contributed by atoms with Crippen molar-refractivity contribution in [2.45, 2.75) is 46.1 Å². The van der Waals surface area contributed by atoms with Crippen molar-refractivity contribution in [3.63, 3.8) is 0 Å². The maximum absolute atomic E-state index is 12.2. The summed E-state index contributed by atoms with van der Waals surface area (Å²) in [5.74, 6) is 1.15. The Labute approximate surface area is 111 Å². The number of carbonyl (C=O) groups excluding carboxylic acids is 1. The first-order valence-corrected chi connectivity index (χ1v) is 6.46. The second-order valence-electron chi connectivity index (χ2n) is 6.29. The van der Waals surface area contributed by atoms with Crippen LogP contribution in [0, 0.1) is 17.3 Å². The zero-order valence-corrected chi connectivity index (χ0v) is 11.9. The van der Waals surface area contributed by atoms with Gasteiger partial charge in [0.1, 0.15) is 0 Å². The summed E-state index contributed by atoms with van der Waals surface area (Å²) in [7, 11) is 0. The molecule has 2 rings (SSSR count). The number of hydrogen-bond donors (Lipinski definition) is 1. The zero-order valence-electron chi connectivity index (χ0n) is 11.1. The Hall–Kier alpha value is -0.280. The maximum atomic E-state index is 12.2. The van der Waals surface area contributed by atoms with Crippen molar-refractivity contribution in [1.82, 2.24) is 4.90 Å². The van der Waals surface area contributed by atoms with E-state index in [9.17, 15) is 4.79 Å². The predicted octanol–water partition coefficient (Wildman–Crippen LogP) is 2.04. The average molecular weight is 261 g/mol. The van der Waals surface area contributed by atoms with Crippen molar-refractivity contribution >= 4 is 18.3 Å². The quantitative estimate of drug-likeness (QED) is 0.826. The van der Waals surface area contributed by atoms with Gasteiger partial charge in [0.15, 0.2) is 0 Å². The monoisotopic (exact) mass is 260 g/mol. The Morgan fingerprint density at radius 2 is 2.06 bits per heavy atom. The van der Waals surface area contributed by atoms with E-state index in [1.54, 1.807) is 0 Å². The first kappa shape index (κ1) is 14.8. The fraction of sp³-hybridized carbons (Fsp3) is 0.923. The Kier molecular flexibility index (Phi) is 4.48. The summed E-state index contributed by atoms with van der Waals surface area (Å²) in [5.41, 5.74) is 6.18. The first-order chi connectivity index (χ1) is 7.42. The van der Waals surface area contributed by atoms with E-state index in [0.29, 0.717) is 11.8 Å². The highest BCUT2D eigenvalue weighted by Gasteiger charge is 2.52. The topological polar surface area (TPSA) is 46.3 Å². The van der Waals surface area contributed by atoms with Gasteiger partial charge in [0.05, 0.1) is 0 Å². The van der Waals surface area contributed by atoms with E-state index < -0.39 is 0 Å². The molecule has 0 aromatic heterocycles. The minimum Gasteiger partial charge on any atom is -0.342 e. The summed E-state index contributed by atoms with van der Waals surface area (Å²) in [6, 6.07) is 0.211. The van der Waals surface area contributed by atoms with Crippen molar-refractivity contribution in [3.8, 4) is 0 Å². The highest BCUT2D eigenvalue weighted by Crippen LogP contribution is 2.52. The van der Waals surface area contributed by atoms with E-state index in [1.165, 1.54) is 6.42 Å². The van der Waals surface area contributed by atoms with Crippen molar-refractivity contribution in [2.24, 2.45) is 23.0 Å². The van der Waals surface area contributed by atoms with Crippen LogP contribution in [0.1, 0.15) is 40.0 Å². The number of nitrogens with zero attached hydrogens (tertiary/aromatic N) is 1. The molecule has 3 nitrogen and oxygen atoms in total. The molecular weight excluding hydrogens is 236 g/mol. The molecule has 1 saturated heterocycles. The van der Waals surface area contributed by atoms with Gasteiger partial charge >= 0.3 is 0 Å². The Morgan fingerprint density at radius 3 is 2.53 bits per heavy atom. The Bertz CT molecular complexity index is 291. The number of piperidine rings is 1. The summed E-state index contributed by atoms with van der Waals surface area (Å²) >= 11 is 0. The number of carbonyl (C=O) groups is 1. The van der Waals surface area contributed by atoms with Crippen LogP contribution in [-0.4, -0.2) is 29.9 Å². The minimum atomic E-state index is 0. The molecule has 3 atom stereocenters. The van der Waals surface area contributed by atoms with Gasteiger partial charge in [0, 0.05) is 25.0 Å². The van der Waals surface area contributed by atoms with E-state index >= 15 is 0 Å². The fourth-order valence-corrected chi connectivity index (χ4v) is 2.75. The number of nitrogens with two attached hydrogens (primary N) is 1. The lowest BCUT2D eigenvalue weighted by molar-refractivity contribution is -0.135. The lowest BCUT2D eigenvalue weighted by atomic mass is 9.92. The molecular formula is C13H25ClN2O. The highest BCUT2D eigenvalue weighted by atomic mass is 35.5. The predicted molar refractivity (Wildman–Crippen MR) is 72.1 cm³/mol. The largest absolute Gasteiger partial charge is 0.342 e. The second kappa shape index (κ2) is 5.15. The standard InChI is InChI=1S/C13H24N2O.ClH/c1-9(14)10-5-4-6-15(8-10)12(16)11-7-13(11,2)3;/h9-11H,4-8,14H2,1-3H3;1H. The Balaban J connectivity index is 0.00000144. The fourth-order valence-electron chi connectivity index (χ4n) is 2.75. The molecule has 2 fully saturated rings. The van der Waals surface area contributed by atoms with Crippen LogP contribution in [0.3, 0.4) is 0 Å². The highest BCUT2D eigenvalue weighted by molar-refractivity contribution is 5.85. The van der Waals surface area contributed by atoms with E-state index in [-0.39, 0.29) is 29.8 Å². The molecule has 1 aliphatic heterocycles. The van der Waals surface area contributed by atoms with E-state index in [4.69, 9.17) is 5.73 Å². The van der Waals surface area contributed by atoms with E-state index in [1.807, 2.05) is 0 Å². The van der Waals surface area contributed by atoms with E-state index in [0.717, 1.165) is 25.9 Å². The van der Waals surface area contributed by atoms with Crippen LogP contribution in [-0.2, 0) is 4.79 Å². The summed E-state index contributed by atoms with van der Waals surface area (Å²) in [6.07, 6.45) is 3.35. The lowest BCUT2D eigenvalue weighted by Crippen LogP contribution is -2.45. The van der Waals surface area contributed by atoms with Crippen LogP contribution < -0.4 is 5.73 Å². The molecule has 4 heteroatoms. The number of hydrogen-bond acceptors (Lipinski definition) is 2. The second-order valence-corrected chi connectivity index (χ2v) is 6.29. The summed E-state index contributed by atoms with van der Waals surface area (Å²) < 4.78 is 0. The maximum Gasteiger partial charge on any atom is 0.226 e. The van der Waals surface area contributed by atoms with Gasteiger partial charge in [-0.1, -0.05) is 13.8 Å². The van der Waals surface area contributed by atoms with Crippen LogP contribution in [0.2, 0.25) is 0 Å². The third-order valence-electron chi connectivity index (χ3n) is 4.32. The third kappa shape index (κ3) is 3.14. The molecule has 1 amide bonds. The van der Waals surface area contributed by atoms with Crippen LogP contribution in [0.25, 0.3) is 0 Å². The molecule has 0 bridgehead atoms. The van der Waals surface area contributed by atoms with Gasteiger partial charge < -0.3 is 10.6 Å². The summed E-state index contributed by atoms with van der Waals surface area (Å²) in [4.78, 5) is 14.3. The molecule has 3 unspecified atom stereocenters. The summed E-state index contributed by atoms with van der Waals surface area (Å²) in [5, 5.41) is 0. The number of rotatable bonds is 2. The molecule has 1 saturated carbocycles.